The Morgan fingerprint density at radius 2 is 2.00 bits per heavy atom. The SMILES string of the molecule is COc1cccc2sc(=NC(=O)c3ccc4c(c3)OCCO4)n(C)c12. The van der Waals surface area contributed by atoms with Crippen LogP contribution in [0.3, 0.4) is 0 Å². The zero-order valence-electron chi connectivity index (χ0n) is 13.8. The van der Waals surface area contributed by atoms with Crippen LogP contribution in [0.25, 0.3) is 10.2 Å². The molecule has 4 rings (SSSR count). The lowest BCUT2D eigenvalue weighted by atomic mass is 10.2. The van der Waals surface area contributed by atoms with Crippen molar-refractivity contribution < 1.29 is 19.0 Å². The quantitative estimate of drug-likeness (QED) is 0.708. The molecule has 1 aliphatic heterocycles. The summed E-state index contributed by atoms with van der Waals surface area (Å²) >= 11 is 1.44. The average molecular weight is 356 g/mol. The summed E-state index contributed by atoms with van der Waals surface area (Å²) in [5.74, 6) is 1.66. The maximum absolute atomic E-state index is 12.6. The fraction of sp³-hybridized carbons (Fsp3) is 0.222. The van der Waals surface area contributed by atoms with Gasteiger partial charge in [0, 0.05) is 12.6 Å². The van der Waals surface area contributed by atoms with Gasteiger partial charge in [-0.05, 0) is 30.3 Å². The molecule has 7 heteroatoms. The van der Waals surface area contributed by atoms with Crippen molar-refractivity contribution >= 4 is 27.5 Å². The van der Waals surface area contributed by atoms with E-state index in [1.165, 1.54) is 11.3 Å². The van der Waals surface area contributed by atoms with Crippen LogP contribution < -0.4 is 19.0 Å². The molecule has 0 bridgehead atoms. The van der Waals surface area contributed by atoms with E-state index in [1.54, 1.807) is 25.3 Å². The molecule has 0 radical (unpaired) electrons. The Morgan fingerprint density at radius 1 is 1.20 bits per heavy atom. The van der Waals surface area contributed by atoms with Crippen LogP contribution in [0.4, 0.5) is 0 Å². The van der Waals surface area contributed by atoms with E-state index < -0.39 is 0 Å². The number of ether oxygens (including phenoxy) is 3. The monoisotopic (exact) mass is 356 g/mol. The minimum absolute atomic E-state index is 0.321. The number of hydrogen-bond donors (Lipinski definition) is 0. The fourth-order valence-electron chi connectivity index (χ4n) is 2.77. The van der Waals surface area contributed by atoms with Crippen molar-refractivity contribution in [3.8, 4) is 17.2 Å². The van der Waals surface area contributed by atoms with Gasteiger partial charge in [0.15, 0.2) is 16.3 Å². The van der Waals surface area contributed by atoms with Crippen LogP contribution in [0, 0.1) is 0 Å². The summed E-state index contributed by atoms with van der Waals surface area (Å²) in [5, 5.41) is 0. The van der Waals surface area contributed by atoms with Gasteiger partial charge in [0.2, 0.25) is 0 Å². The van der Waals surface area contributed by atoms with E-state index in [2.05, 4.69) is 4.99 Å². The first-order valence-corrected chi connectivity index (χ1v) is 8.60. The van der Waals surface area contributed by atoms with E-state index in [0.29, 0.717) is 35.1 Å². The molecule has 0 aliphatic carbocycles. The van der Waals surface area contributed by atoms with Gasteiger partial charge in [-0.25, -0.2) is 0 Å². The van der Waals surface area contributed by atoms with E-state index in [4.69, 9.17) is 14.2 Å². The molecule has 2 aromatic carbocycles. The number of aromatic nitrogens is 1. The van der Waals surface area contributed by atoms with Gasteiger partial charge in [-0.15, -0.1) is 0 Å². The van der Waals surface area contributed by atoms with E-state index in [1.807, 2.05) is 29.8 Å². The molecule has 25 heavy (non-hydrogen) atoms. The first-order chi connectivity index (χ1) is 12.2. The Morgan fingerprint density at radius 3 is 2.80 bits per heavy atom. The smallest absolute Gasteiger partial charge is 0.279 e. The zero-order valence-corrected chi connectivity index (χ0v) is 14.6. The van der Waals surface area contributed by atoms with Crippen molar-refractivity contribution in [1.29, 1.82) is 0 Å². The lowest BCUT2D eigenvalue weighted by Crippen LogP contribution is -2.16. The van der Waals surface area contributed by atoms with E-state index in [9.17, 15) is 4.79 Å². The van der Waals surface area contributed by atoms with Gasteiger partial charge in [0.05, 0.1) is 11.8 Å². The van der Waals surface area contributed by atoms with Crippen LogP contribution in [0.1, 0.15) is 10.4 Å². The van der Waals surface area contributed by atoms with Crippen molar-refractivity contribution in [2.24, 2.45) is 12.0 Å². The number of methoxy groups -OCH3 is 1. The summed E-state index contributed by atoms with van der Waals surface area (Å²) in [5.41, 5.74) is 1.39. The van der Waals surface area contributed by atoms with E-state index in [0.717, 1.165) is 16.0 Å². The molecular formula is C18H16N2O4S. The molecule has 6 nitrogen and oxygen atoms in total. The Balaban J connectivity index is 1.77. The molecular weight excluding hydrogens is 340 g/mol. The van der Waals surface area contributed by atoms with Crippen LogP contribution >= 0.6 is 11.3 Å². The summed E-state index contributed by atoms with van der Waals surface area (Å²) in [6, 6.07) is 10.9. The Labute approximate surface area is 147 Å². The molecule has 0 unspecified atom stereocenters. The number of benzene rings is 2. The number of aryl methyl sites for hydroxylation is 1. The van der Waals surface area contributed by atoms with E-state index >= 15 is 0 Å². The van der Waals surface area contributed by atoms with Gasteiger partial charge in [-0.2, -0.15) is 4.99 Å². The topological polar surface area (TPSA) is 62.1 Å². The molecule has 1 aliphatic rings. The number of thiazole rings is 1. The standard InChI is InChI=1S/C18H16N2O4S/c1-20-16-13(22-2)4-3-5-15(16)25-18(20)19-17(21)11-6-7-12-14(10-11)24-9-8-23-12/h3-7,10H,8-9H2,1-2H3. The summed E-state index contributed by atoms with van der Waals surface area (Å²) in [7, 11) is 3.50. The number of rotatable bonds is 2. The zero-order chi connectivity index (χ0) is 17.4. The fourth-order valence-corrected chi connectivity index (χ4v) is 3.80. The van der Waals surface area contributed by atoms with Gasteiger partial charge < -0.3 is 18.8 Å². The molecule has 2 heterocycles. The second kappa shape index (κ2) is 6.25. The van der Waals surface area contributed by atoms with Crippen LogP contribution in [-0.4, -0.2) is 30.8 Å². The number of carbonyl (C=O) groups is 1. The van der Waals surface area contributed by atoms with Crippen molar-refractivity contribution in [3.05, 3.63) is 46.8 Å². The molecule has 0 atom stereocenters. The minimum Gasteiger partial charge on any atom is -0.495 e. The lowest BCUT2D eigenvalue weighted by molar-refractivity contribution is 0.0996. The van der Waals surface area contributed by atoms with Crippen molar-refractivity contribution in [2.45, 2.75) is 0 Å². The third kappa shape index (κ3) is 2.76. The molecule has 3 aromatic rings. The predicted molar refractivity (Wildman–Crippen MR) is 94.7 cm³/mol. The number of hydrogen-bond acceptors (Lipinski definition) is 5. The average Bonchev–Trinajstić information content (AvgIpc) is 2.97. The highest BCUT2D eigenvalue weighted by atomic mass is 32.1. The van der Waals surface area contributed by atoms with Crippen LogP contribution in [0.15, 0.2) is 41.4 Å². The van der Waals surface area contributed by atoms with Crippen LogP contribution in [-0.2, 0) is 7.05 Å². The molecule has 1 aromatic heterocycles. The summed E-state index contributed by atoms with van der Waals surface area (Å²) in [6.07, 6.45) is 0. The maximum Gasteiger partial charge on any atom is 0.279 e. The molecule has 0 N–H and O–H groups in total. The number of amides is 1. The predicted octanol–water partition coefficient (Wildman–Crippen LogP) is 2.76. The molecule has 0 fully saturated rings. The number of fused-ring (bicyclic) bond motifs is 2. The van der Waals surface area contributed by atoms with Gasteiger partial charge in [0.1, 0.15) is 24.5 Å². The van der Waals surface area contributed by atoms with Crippen molar-refractivity contribution in [3.63, 3.8) is 0 Å². The third-order valence-electron chi connectivity index (χ3n) is 3.99. The van der Waals surface area contributed by atoms with Crippen LogP contribution in [0.5, 0.6) is 17.2 Å². The number of nitrogens with zero attached hydrogens (tertiary/aromatic N) is 2. The third-order valence-corrected chi connectivity index (χ3v) is 5.09. The largest absolute Gasteiger partial charge is 0.495 e. The molecule has 128 valence electrons. The first kappa shape index (κ1) is 15.7. The van der Waals surface area contributed by atoms with Crippen molar-refractivity contribution in [1.82, 2.24) is 4.57 Å². The number of carbonyl (C=O) groups excluding carboxylic acids is 1. The van der Waals surface area contributed by atoms with Gasteiger partial charge in [-0.3, -0.25) is 4.79 Å². The summed E-state index contributed by atoms with van der Waals surface area (Å²) < 4.78 is 19.3. The number of para-hydroxylation sites is 1. The minimum atomic E-state index is -0.321. The molecule has 0 saturated carbocycles. The highest BCUT2D eigenvalue weighted by Gasteiger charge is 2.15. The molecule has 1 amide bonds. The van der Waals surface area contributed by atoms with Gasteiger partial charge in [-0.1, -0.05) is 17.4 Å². The van der Waals surface area contributed by atoms with E-state index in [-0.39, 0.29) is 5.91 Å². The highest BCUT2D eigenvalue weighted by Crippen LogP contribution is 2.31. The first-order valence-electron chi connectivity index (χ1n) is 7.78. The maximum atomic E-state index is 12.6. The van der Waals surface area contributed by atoms with Crippen molar-refractivity contribution in [2.75, 3.05) is 20.3 Å². The Kier molecular flexibility index (Phi) is 3.93. The molecule has 0 spiro atoms. The Hall–Kier alpha value is -2.80. The van der Waals surface area contributed by atoms with Gasteiger partial charge >= 0.3 is 0 Å². The van der Waals surface area contributed by atoms with Gasteiger partial charge in [0.25, 0.3) is 5.91 Å². The summed E-state index contributed by atoms with van der Waals surface area (Å²) in [6.45, 7) is 0.997. The van der Waals surface area contributed by atoms with Crippen LogP contribution in [0.2, 0.25) is 0 Å². The lowest BCUT2D eigenvalue weighted by Gasteiger charge is -2.18. The molecule has 0 saturated heterocycles. The highest BCUT2D eigenvalue weighted by molar-refractivity contribution is 7.16. The second-order valence-electron chi connectivity index (χ2n) is 5.53. The Bertz CT molecular complexity index is 1040. The normalized spacial score (nSPS) is 13.9. The summed E-state index contributed by atoms with van der Waals surface area (Å²) in [4.78, 5) is 17.5. The second-order valence-corrected chi connectivity index (χ2v) is 6.54.